The maximum Gasteiger partial charge on any atom is 0.170 e. The molecule has 2 heterocycles. The van der Waals surface area contributed by atoms with Crippen LogP contribution in [0.4, 0.5) is 0 Å². The summed E-state index contributed by atoms with van der Waals surface area (Å²) in [6.45, 7) is 5.69. The third-order valence-electron chi connectivity index (χ3n) is 4.06. The van der Waals surface area contributed by atoms with E-state index in [-0.39, 0.29) is 5.78 Å². The van der Waals surface area contributed by atoms with Crippen LogP contribution in [0.1, 0.15) is 38.1 Å². The molecule has 1 saturated heterocycles. The van der Waals surface area contributed by atoms with E-state index in [1.165, 1.54) is 0 Å². The van der Waals surface area contributed by atoms with Gasteiger partial charge < -0.3 is 9.47 Å². The fraction of sp³-hybridized carbons (Fsp3) is 0.733. The highest BCUT2D eigenvalue weighted by molar-refractivity contribution is 9.10. The largest absolute Gasteiger partial charge is 0.381 e. The summed E-state index contributed by atoms with van der Waals surface area (Å²) in [4.78, 5) is 12.8. The number of nitrogens with zero attached hydrogens (tertiary/aromatic N) is 2. The van der Waals surface area contributed by atoms with Crippen LogP contribution in [0.2, 0.25) is 0 Å². The van der Waals surface area contributed by atoms with E-state index in [0.29, 0.717) is 39.1 Å². The smallest absolute Gasteiger partial charge is 0.170 e. The van der Waals surface area contributed by atoms with Crippen LogP contribution in [-0.2, 0) is 34.2 Å². The van der Waals surface area contributed by atoms with E-state index in [2.05, 4.69) is 28.0 Å². The van der Waals surface area contributed by atoms with Crippen molar-refractivity contribution in [2.75, 3.05) is 19.8 Å². The Labute approximate surface area is 134 Å². The first-order valence-corrected chi connectivity index (χ1v) is 8.28. The lowest BCUT2D eigenvalue weighted by molar-refractivity contribution is -0.156. The van der Waals surface area contributed by atoms with Crippen molar-refractivity contribution in [3.8, 4) is 0 Å². The van der Waals surface area contributed by atoms with Gasteiger partial charge in [0.05, 0.1) is 22.3 Å². The zero-order chi connectivity index (χ0) is 15.5. The van der Waals surface area contributed by atoms with Crippen LogP contribution < -0.4 is 0 Å². The maximum absolute atomic E-state index is 12.8. The average Bonchev–Trinajstić information content (AvgIpc) is 2.76. The molecule has 1 aliphatic heterocycles. The Morgan fingerprint density at radius 1 is 1.43 bits per heavy atom. The van der Waals surface area contributed by atoms with Gasteiger partial charge in [0.2, 0.25) is 0 Å². The van der Waals surface area contributed by atoms with Gasteiger partial charge in [-0.05, 0) is 29.3 Å². The molecule has 0 unspecified atom stereocenters. The van der Waals surface area contributed by atoms with Crippen molar-refractivity contribution in [3.63, 3.8) is 0 Å². The Hall–Kier alpha value is -0.720. The molecule has 0 spiro atoms. The minimum Gasteiger partial charge on any atom is -0.381 e. The number of carbonyl (C=O) groups excluding carboxylic acids is 1. The van der Waals surface area contributed by atoms with Gasteiger partial charge >= 0.3 is 0 Å². The van der Waals surface area contributed by atoms with E-state index in [9.17, 15) is 4.79 Å². The average molecular weight is 359 g/mol. The minimum absolute atomic E-state index is 0.124. The Balaban J connectivity index is 2.21. The van der Waals surface area contributed by atoms with Crippen molar-refractivity contribution >= 4 is 21.7 Å². The van der Waals surface area contributed by atoms with E-state index in [1.807, 2.05) is 14.0 Å². The van der Waals surface area contributed by atoms with E-state index in [4.69, 9.17) is 9.47 Å². The monoisotopic (exact) mass is 358 g/mol. The second kappa shape index (κ2) is 7.03. The first-order chi connectivity index (χ1) is 10.0. The first-order valence-electron chi connectivity index (χ1n) is 7.49. The van der Waals surface area contributed by atoms with Crippen LogP contribution >= 0.6 is 15.9 Å². The topological polar surface area (TPSA) is 53.3 Å². The van der Waals surface area contributed by atoms with Crippen LogP contribution in [-0.4, -0.2) is 41.0 Å². The van der Waals surface area contributed by atoms with Gasteiger partial charge in [0.1, 0.15) is 5.60 Å². The molecule has 0 radical (unpaired) electrons. The summed E-state index contributed by atoms with van der Waals surface area (Å²) >= 11 is 3.57. The third-order valence-corrected chi connectivity index (χ3v) is 4.98. The fourth-order valence-corrected chi connectivity index (χ4v) is 3.56. The molecule has 6 heteroatoms. The van der Waals surface area contributed by atoms with Gasteiger partial charge in [-0.15, -0.1) is 0 Å². The van der Waals surface area contributed by atoms with E-state index < -0.39 is 5.60 Å². The standard InChI is InChI=1S/C15H23BrN2O3/c1-4-11-14(16)12(18(3)17-11)10-13(19)15(21-5-2)6-8-20-9-7-15/h4-10H2,1-3H3. The quantitative estimate of drug-likeness (QED) is 0.783. The molecule has 21 heavy (non-hydrogen) atoms. The van der Waals surface area contributed by atoms with Crippen LogP contribution in [0, 0.1) is 0 Å². The van der Waals surface area contributed by atoms with E-state index in [1.54, 1.807) is 4.68 Å². The molecule has 1 aromatic rings. The molecule has 1 aliphatic rings. The van der Waals surface area contributed by atoms with Crippen LogP contribution in [0.25, 0.3) is 0 Å². The van der Waals surface area contributed by atoms with Crippen LogP contribution in [0.3, 0.4) is 0 Å². The van der Waals surface area contributed by atoms with Gasteiger partial charge in [0, 0.05) is 39.7 Å². The lowest BCUT2D eigenvalue weighted by Crippen LogP contribution is -2.47. The molecule has 0 bridgehead atoms. The molecule has 0 aromatic carbocycles. The Bertz CT molecular complexity index is 502. The summed E-state index contributed by atoms with van der Waals surface area (Å²) in [5.74, 6) is 0.124. The van der Waals surface area contributed by atoms with Crippen LogP contribution in [0.15, 0.2) is 4.47 Å². The van der Waals surface area contributed by atoms with E-state index >= 15 is 0 Å². The number of ether oxygens (including phenoxy) is 2. The lowest BCUT2D eigenvalue weighted by Gasteiger charge is -2.35. The number of ketones is 1. The number of carbonyl (C=O) groups is 1. The Morgan fingerprint density at radius 2 is 2.10 bits per heavy atom. The molecule has 0 saturated carbocycles. The highest BCUT2D eigenvalue weighted by atomic mass is 79.9. The van der Waals surface area contributed by atoms with Crippen molar-refractivity contribution in [2.24, 2.45) is 7.05 Å². The highest BCUT2D eigenvalue weighted by Gasteiger charge is 2.41. The SMILES string of the molecule is CCOC1(C(=O)Cc2c(Br)c(CC)nn2C)CCOCC1. The molecule has 0 aliphatic carbocycles. The summed E-state index contributed by atoms with van der Waals surface area (Å²) in [5, 5.41) is 4.45. The van der Waals surface area contributed by atoms with Gasteiger partial charge in [-0.1, -0.05) is 6.92 Å². The van der Waals surface area contributed by atoms with Gasteiger partial charge in [-0.25, -0.2) is 0 Å². The molecule has 0 amide bonds. The lowest BCUT2D eigenvalue weighted by atomic mass is 9.87. The second-order valence-electron chi connectivity index (χ2n) is 5.32. The summed E-state index contributed by atoms with van der Waals surface area (Å²) in [5.41, 5.74) is 1.21. The molecular weight excluding hydrogens is 336 g/mol. The summed E-state index contributed by atoms with van der Waals surface area (Å²) in [6, 6.07) is 0. The number of Topliss-reactive ketones (excluding diaryl/α,β-unsaturated/α-hetero) is 1. The van der Waals surface area contributed by atoms with Gasteiger partial charge in [-0.3, -0.25) is 9.48 Å². The molecular formula is C15H23BrN2O3. The van der Waals surface area contributed by atoms with Crippen molar-refractivity contribution < 1.29 is 14.3 Å². The summed E-state index contributed by atoms with van der Waals surface area (Å²) in [7, 11) is 1.88. The third kappa shape index (κ3) is 3.38. The zero-order valence-electron chi connectivity index (χ0n) is 12.9. The normalized spacial score (nSPS) is 17.9. The molecule has 118 valence electrons. The Morgan fingerprint density at radius 3 is 2.62 bits per heavy atom. The zero-order valence-corrected chi connectivity index (χ0v) is 14.5. The van der Waals surface area contributed by atoms with Crippen molar-refractivity contribution in [2.45, 2.75) is 45.1 Å². The van der Waals surface area contributed by atoms with Crippen molar-refractivity contribution in [1.29, 1.82) is 0 Å². The molecule has 2 rings (SSSR count). The molecule has 1 fully saturated rings. The fourth-order valence-electron chi connectivity index (χ4n) is 2.81. The second-order valence-corrected chi connectivity index (χ2v) is 6.12. The van der Waals surface area contributed by atoms with Gasteiger partial charge in [-0.2, -0.15) is 5.10 Å². The number of aromatic nitrogens is 2. The first kappa shape index (κ1) is 16.6. The number of hydrogen-bond donors (Lipinski definition) is 0. The number of hydrogen-bond acceptors (Lipinski definition) is 4. The molecule has 1 aromatic heterocycles. The minimum atomic E-state index is -0.691. The molecule has 0 atom stereocenters. The van der Waals surface area contributed by atoms with Crippen molar-refractivity contribution in [3.05, 3.63) is 15.9 Å². The van der Waals surface area contributed by atoms with Gasteiger partial charge in [0.15, 0.2) is 5.78 Å². The Kier molecular flexibility index (Phi) is 5.57. The number of aryl methyl sites for hydroxylation is 2. The predicted octanol–water partition coefficient (Wildman–Crippen LogP) is 2.44. The predicted molar refractivity (Wildman–Crippen MR) is 83.4 cm³/mol. The number of halogens is 1. The van der Waals surface area contributed by atoms with E-state index in [0.717, 1.165) is 22.3 Å². The summed E-state index contributed by atoms with van der Waals surface area (Å²) < 4.78 is 14.0. The van der Waals surface area contributed by atoms with Crippen LogP contribution in [0.5, 0.6) is 0 Å². The summed E-state index contributed by atoms with van der Waals surface area (Å²) in [6.07, 6.45) is 2.45. The number of rotatable bonds is 6. The maximum atomic E-state index is 12.8. The van der Waals surface area contributed by atoms with Gasteiger partial charge in [0.25, 0.3) is 0 Å². The molecule has 0 N–H and O–H groups in total. The molecule has 5 nitrogen and oxygen atoms in total. The van der Waals surface area contributed by atoms with Crippen molar-refractivity contribution in [1.82, 2.24) is 9.78 Å². The highest BCUT2D eigenvalue weighted by Crippen LogP contribution is 2.30.